The third-order valence-corrected chi connectivity index (χ3v) is 9.92. The van der Waals surface area contributed by atoms with Gasteiger partial charge in [-0.2, -0.15) is 15.2 Å². The summed E-state index contributed by atoms with van der Waals surface area (Å²) < 4.78 is 6.23. The summed E-state index contributed by atoms with van der Waals surface area (Å²) in [7, 11) is 2.11. The number of hydrogen-bond donors (Lipinski definition) is 0. The number of Topliss-reactive ketones (excluding diaryl/α,β-unsaturated/α-hetero) is 1. The summed E-state index contributed by atoms with van der Waals surface area (Å²) in [5.74, 6) is 0.629. The number of likely N-dealkylation sites (N-methyl/N-ethyl adjacent to an activating group) is 1. The van der Waals surface area contributed by atoms with Crippen molar-refractivity contribution in [2.75, 3.05) is 44.7 Å². The predicted octanol–water partition coefficient (Wildman–Crippen LogP) is 3.68. The zero-order valence-corrected chi connectivity index (χ0v) is 24.8. The molecule has 1 amide bonds. The van der Waals surface area contributed by atoms with Gasteiger partial charge in [0.05, 0.1) is 18.5 Å². The highest BCUT2D eigenvalue weighted by Crippen LogP contribution is 2.47. The Bertz CT molecular complexity index is 1450. The molecule has 2 aromatic rings. The number of likely N-dealkylation sites (tertiary alicyclic amines) is 1. The standard InChI is InChI=1S/C33H40N6O3/c1-4-28(40)39-17-16-38(20-25(39)11-14-34)31-27-10-13-33(12-9-23-8-7-22(2)18-24(23)19-33)30(41)29(27)35-32(36-31)42-21-26-6-5-15-37(26)3/h4,7-8,18,25-26H,1,5-6,9-13,15-17,19-21H2,2-3H3. The van der Waals surface area contributed by atoms with Crippen molar-refractivity contribution < 1.29 is 14.3 Å². The van der Waals surface area contributed by atoms with Gasteiger partial charge in [0.15, 0.2) is 5.78 Å². The van der Waals surface area contributed by atoms with Gasteiger partial charge >= 0.3 is 6.01 Å². The Hall–Kier alpha value is -3.77. The number of ether oxygens (including phenoxy) is 1. The average Bonchev–Trinajstić information content (AvgIpc) is 3.41. The summed E-state index contributed by atoms with van der Waals surface area (Å²) >= 11 is 0. The molecule has 1 aromatic heterocycles. The number of aryl methyl sites for hydroxylation is 2. The van der Waals surface area contributed by atoms with Gasteiger partial charge in [-0.05, 0) is 82.7 Å². The fourth-order valence-corrected chi connectivity index (χ4v) is 7.42. The lowest BCUT2D eigenvalue weighted by Gasteiger charge is -2.43. The zero-order chi connectivity index (χ0) is 29.4. The Labute approximate surface area is 248 Å². The van der Waals surface area contributed by atoms with Crippen LogP contribution < -0.4 is 9.64 Å². The minimum atomic E-state index is -0.471. The molecule has 2 aliphatic carbocycles. The van der Waals surface area contributed by atoms with E-state index in [1.807, 2.05) is 0 Å². The molecule has 2 aliphatic heterocycles. The smallest absolute Gasteiger partial charge is 0.319 e. The fourth-order valence-electron chi connectivity index (χ4n) is 7.42. The van der Waals surface area contributed by atoms with Gasteiger partial charge in [-0.15, -0.1) is 0 Å². The predicted molar refractivity (Wildman–Crippen MR) is 160 cm³/mol. The number of nitriles is 1. The highest BCUT2D eigenvalue weighted by atomic mass is 16.5. The van der Waals surface area contributed by atoms with Crippen LogP contribution in [0.1, 0.15) is 64.8 Å². The van der Waals surface area contributed by atoms with Crippen molar-refractivity contribution in [3.8, 4) is 12.1 Å². The highest BCUT2D eigenvalue weighted by molar-refractivity contribution is 6.02. The summed E-state index contributed by atoms with van der Waals surface area (Å²) in [5, 5.41) is 9.51. The molecule has 1 spiro atoms. The van der Waals surface area contributed by atoms with E-state index in [2.05, 4.69) is 54.6 Å². The molecule has 3 unspecified atom stereocenters. The Kier molecular flexibility index (Phi) is 7.75. The molecule has 1 aromatic carbocycles. The highest BCUT2D eigenvalue weighted by Gasteiger charge is 2.47. The van der Waals surface area contributed by atoms with E-state index in [0.29, 0.717) is 50.2 Å². The van der Waals surface area contributed by atoms with Crippen LogP contribution in [0.4, 0.5) is 5.82 Å². The number of fused-ring (bicyclic) bond motifs is 2. The van der Waals surface area contributed by atoms with Crippen molar-refractivity contribution in [1.82, 2.24) is 19.8 Å². The normalized spacial score (nSPS) is 25.6. The van der Waals surface area contributed by atoms with E-state index in [-0.39, 0.29) is 30.2 Å². The van der Waals surface area contributed by atoms with Gasteiger partial charge in [-0.25, -0.2) is 0 Å². The van der Waals surface area contributed by atoms with E-state index >= 15 is 0 Å². The van der Waals surface area contributed by atoms with Gasteiger partial charge in [-0.3, -0.25) is 9.59 Å². The summed E-state index contributed by atoms with van der Waals surface area (Å²) in [5.41, 5.74) is 4.71. The minimum Gasteiger partial charge on any atom is -0.462 e. The second-order valence-electron chi connectivity index (χ2n) is 12.5. The van der Waals surface area contributed by atoms with Gasteiger partial charge in [-0.1, -0.05) is 30.3 Å². The lowest BCUT2D eigenvalue weighted by atomic mass is 9.62. The molecule has 0 N–H and O–H groups in total. The minimum absolute atomic E-state index is 0.0939. The number of rotatable bonds is 6. The van der Waals surface area contributed by atoms with Crippen LogP contribution in [0, 0.1) is 23.7 Å². The number of amides is 1. The van der Waals surface area contributed by atoms with Gasteiger partial charge in [0.2, 0.25) is 5.91 Å². The molecule has 220 valence electrons. The molecule has 42 heavy (non-hydrogen) atoms. The molecule has 3 atom stereocenters. The average molecular weight is 569 g/mol. The number of carbonyl (C=O) groups is 2. The Morgan fingerprint density at radius 1 is 1.19 bits per heavy atom. The van der Waals surface area contributed by atoms with E-state index in [1.165, 1.54) is 22.8 Å². The fraction of sp³-hybridized carbons (Fsp3) is 0.545. The number of aromatic nitrogens is 2. The topological polar surface area (TPSA) is 103 Å². The monoisotopic (exact) mass is 568 g/mol. The van der Waals surface area contributed by atoms with Crippen molar-refractivity contribution in [1.29, 1.82) is 5.26 Å². The van der Waals surface area contributed by atoms with E-state index in [0.717, 1.165) is 50.6 Å². The van der Waals surface area contributed by atoms with E-state index in [9.17, 15) is 14.9 Å². The van der Waals surface area contributed by atoms with Crippen LogP contribution >= 0.6 is 0 Å². The Balaban J connectivity index is 1.35. The quantitative estimate of drug-likeness (QED) is 0.487. The van der Waals surface area contributed by atoms with Crippen LogP contribution in [0.2, 0.25) is 0 Å². The number of piperazine rings is 1. The van der Waals surface area contributed by atoms with Crippen molar-refractivity contribution in [3.63, 3.8) is 0 Å². The molecule has 9 nitrogen and oxygen atoms in total. The maximum Gasteiger partial charge on any atom is 0.319 e. The van der Waals surface area contributed by atoms with Crippen LogP contribution in [-0.4, -0.2) is 83.4 Å². The van der Waals surface area contributed by atoms with Gasteiger partial charge in [0, 0.05) is 36.7 Å². The largest absolute Gasteiger partial charge is 0.462 e. The molecule has 2 fully saturated rings. The number of benzene rings is 1. The number of ketones is 1. The molecule has 0 bridgehead atoms. The molecular weight excluding hydrogens is 528 g/mol. The molecule has 4 aliphatic rings. The first-order valence-electron chi connectivity index (χ1n) is 15.2. The summed E-state index contributed by atoms with van der Waals surface area (Å²) in [6, 6.07) is 9.07. The number of anilines is 1. The third kappa shape index (κ3) is 5.17. The van der Waals surface area contributed by atoms with Gasteiger partial charge in [0.1, 0.15) is 18.1 Å². The molecule has 6 rings (SSSR count). The Morgan fingerprint density at radius 3 is 2.79 bits per heavy atom. The molecule has 0 radical (unpaired) electrons. The second kappa shape index (κ2) is 11.5. The molecule has 2 saturated heterocycles. The van der Waals surface area contributed by atoms with Crippen LogP contribution in [0.25, 0.3) is 0 Å². The molecule has 0 saturated carbocycles. The summed E-state index contributed by atoms with van der Waals surface area (Å²) in [4.78, 5) is 42.8. The molecule has 9 heteroatoms. The van der Waals surface area contributed by atoms with Crippen LogP contribution in [0.3, 0.4) is 0 Å². The van der Waals surface area contributed by atoms with E-state index < -0.39 is 5.41 Å². The van der Waals surface area contributed by atoms with Crippen LogP contribution in [-0.2, 0) is 24.1 Å². The number of hydrogen-bond acceptors (Lipinski definition) is 8. The second-order valence-corrected chi connectivity index (χ2v) is 12.5. The van der Waals surface area contributed by atoms with Crippen molar-refractivity contribution >= 4 is 17.5 Å². The summed E-state index contributed by atoms with van der Waals surface area (Å²) in [6.45, 7) is 8.70. The van der Waals surface area contributed by atoms with Crippen molar-refractivity contribution in [2.45, 2.75) is 70.4 Å². The zero-order valence-electron chi connectivity index (χ0n) is 24.8. The first kappa shape index (κ1) is 28.4. The summed E-state index contributed by atoms with van der Waals surface area (Å²) in [6.07, 6.45) is 7.61. The molecule has 3 heterocycles. The van der Waals surface area contributed by atoms with Crippen LogP contribution in [0.5, 0.6) is 6.01 Å². The number of carbonyl (C=O) groups excluding carboxylic acids is 2. The SMILES string of the molecule is C=CC(=O)N1CCN(c2nc(OCC3CCCN3C)nc3c2CCC2(CCc4ccc(C)cc4C2)C3=O)CC1CC#N. The Morgan fingerprint density at radius 2 is 2.02 bits per heavy atom. The van der Waals surface area contributed by atoms with E-state index in [4.69, 9.17) is 14.7 Å². The number of nitrogens with zero attached hydrogens (tertiary/aromatic N) is 6. The lowest BCUT2D eigenvalue weighted by Crippen LogP contribution is -2.55. The first-order chi connectivity index (χ1) is 20.3. The first-order valence-corrected chi connectivity index (χ1v) is 15.2. The van der Waals surface area contributed by atoms with E-state index in [1.54, 1.807) is 4.90 Å². The van der Waals surface area contributed by atoms with Gasteiger partial charge < -0.3 is 19.4 Å². The lowest BCUT2D eigenvalue weighted by molar-refractivity contribution is -0.128. The maximum atomic E-state index is 14.5. The molecular formula is C33H40N6O3. The van der Waals surface area contributed by atoms with Crippen molar-refractivity contribution in [3.05, 3.63) is 58.8 Å². The van der Waals surface area contributed by atoms with Gasteiger partial charge in [0.25, 0.3) is 0 Å². The maximum absolute atomic E-state index is 14.5. The van der Waals surface area contributed by atoms with Crippen molar-refractivity contribution in [2.24, 2.45) is 5.41 Å². The third-order valence-electron chi connectivity index (χ3n) is 9.92. The van der Waals surface area contributed by atoms with Crippen LogP contribution in [0.15, 0.2) is 30.9 Å².